The van der Waals surface area contributed by atoms with E-state index in [0.717, 1.165) is 0 Å². The fourth-order valence-corrected chi connectivity index (χ4v) is 3.68. The van der Waals surface area contributed by atoms with Gasteiger partial charge in [-0.05, 0) is 0 Å². The first-order chi connectivity index (χ1) is 11.9. The predicted molar refractivity (Wildman–Crippen MR) is 96.6 cm³/mol. The summed E-state index contributed by atoms with van der Waals surface area (Å²) in [4.78, 5) is 15.8. The Morgan fingerprint density at radius 2 is 2.20 bits per heavy atom. The molecule has 0 saturated carbocycles. The molecule has 2 rings (SSSR count). The van der Waals surface area contributed by atoms with Crippen LogP contribution in [0.3, 0.4) is 0 Å². The molecule has 1 saturated heterocycles. The second-order valence-corrected chi connectivity index (χ2v) is 7.18. The summed E-state index contributed by atoms with van der Waals surface area (Å²) in [6, 6.07) is 0. The number of nitrogens with zero attached hydrogens (tertiary/aromatic N) is 2. The van der Waals surface area contributed by atoms with Crippen molar-refractivity contribution in [3.63, 3.8) is 0 Å². The maximum Gasteiger partial charge on any atom is 0.351 e. The minimum Gasteiger partial charge on any atom is -0.394 e. The largest absolute Gasteiger partial charge is 0.394 e. The van der Waals surface area contributed by atoms with Gasteiger partial charge >= 0.3 is 5.69 Å². The maximum absolute atomic E-state index is 12.1. The van der Waals surface area contributed by atoms with Crippen LogP contribution in [0.15, 0.2) is 11.0 Å². The van der Waals surface area contributed by atoms with Crippen LogP contribution in [0.5, 0.6) is 0 Å². The number of anilines is 1. The van der Waals surface area contributed by atoms with Crippen LogP contribution in [-0.4, -0.2) is 72.5 Å². The zero-order valence-electron chi connectivity index (χ0n) is 13.4. The molecular formula is C14H23N3O6S2. The number of aliphatic hydroxyl groups is 4. The second kappa shape index (κ2) is 9.21. The number of thiol groups is 1. The standard InChI is InChI=1S/C14H23N3O6S2/c15-13-7(5-25-6-10(21)9(20)4-24)2-17(14(22)16-13)12-1-8(19)11(3-18)23-12/h2,8-12,18-21,24H,1,3-6H2,(H2,15,16,22). The third kappa shape index (κ3) is 5.09. The van der Waals surface area contributed by atoms with Crippen molar-refractivity contribution in [1.29, 1.82) is 0 Å². The molecule has 5 atom stereocenters. The topological polar surface area (TPSA) is 151 Å². The van der Waals surface area contributed by atoms with Crippen molar-refractivity contribution < 1.29 is 25.2 Å². The summed E-state index contributed by atoms with van der Waals surface area (Å²) in [7, 11) is 0. The summed E-state index contributed by atoms with van der Waals surface area (Å²) in [5.74, 6) is 0.874. The average Bonchev–Trinajstić information content (AvgIpc) is 2.96. The molecule has 0 radical (unpaired) electrons. The Balaban J connectivity index is 2.06. The van der Waals surface area contributed by atoms with E-state index in [1.165, 1.54) is 22.5 Å². The third-order valence-electron chi connectivity index (χ3n) is 3.93. The number of thioether (sulfide) groups is 1. The SMILES string of the molecule is Nc1nc(=O)n(C2CC(O)C(CO)O2)cc1CSCC(O)C(O)CS. The summed E-state index contributed by atoms with van der Waals surface area (Å²) in [5.41, 5.74) is 5.75. The molecule has 6 N–H and O–H groups in total. The highest BCUT2D eigenvalue weighted by molar-refractivity contribution is 7.98. The van der Waals surface area contributed by atoms with E-state index in [0.29, 0.717) is 11.3 Å². The van der Waals surface area contributed by atoms with E-state index in [2.05, 4.69) is 17.6 Å². The van der Waals surface area contributed by atoms with Crippen molar-refractivity contribution in [2.45, 2.75) is 42.8 Å². The molecule has 0 spiro atoms. The predicted octanol–water partition coefficient (Wildman–Crippen LogP) is -1.65. The molecule has 1 aliphatic rings. The first-order valence-electron chi connectivity index (χ1n) is 7.74. The van der Waals surface area contributed by atoms with Gasteiger partial charge in [-0.2, -0.15) is 29.4 Å². The molecule has 1 aromatic heterocycles. The minimum absolute atomic E-state index is 0.0789. The van der Waals surface area contributed by atoms with E-state index >= 15 is 0 Å². The molecule has 0 aromatic carbocycles. The lowest BCUT2D eigenvalue weighted by Crippen LogP contribution is -2.30. The summed E-state index contributed by atoms with van der Waals surface area (Å²) in [6.45, 7) is -0.344. The number of nitrogens with two attached hydrogens (primary N) is 1. The number of rotatable bonds is 8. The smallest absolute Gasteiger partial charge is 0.351 e. The van der Waals surface area contributed by atoms with Gasteiger partial charge in [0.15, 0.2) is 0 Å². The molecule has 1 aliphatic heterocycles. The van der Waals surface area contributed by atoms with Gasteiger partial charge in [0.05, 0.1) is 24.9 Å². The molecule has 9 nitrogen and oxygen atoms in total. The number of aliphatic hydroxyl groups excluding tert-OH is 4. The fraction of sp³-hybridized carbons (Fsp3) is 0.714. The number of hydrogen-bond donors (Lipinski definition) is 6. The Bertz CT molecular complexity index is 631. The molecule has 0 aliphatic carbocycles. The molecule has 5 unspecified atom stereocenters. The van der Waals surface area contributed by atoms with Gasteiger partial charge < -0.3 is 30.9 Å². The average molecular weight is 393 g/mol. The molecule has 2 heterocycles. The van der Waals surface area contributed by atoms with E-state index in [1.54, 1.807) is 0 Å². The van der Waals surface area contributed by atoms with Gasteiger partial charge in [0.25, 0.3) is 0 Å². The van der Waals surface area contributed by atoms with Gasteiger partial charge in [-0.15, -0.1) is 0 Å². The summed E-state index contributed by atoms with van der Waals surface area (Å²) < 4.78 is 6.71. The highest BCUT2D eigenvalue weighted by atomic mass is 32.2. The Morgan fingerprint density at radius 1 is 1.48 bits per heavy atom. The molecule has 25 heavy (non-hydrogen) atoms. The van der Waals surface area contributed by atoms with E-state index in [9.17, 15) is 20.1 Å². The molecule has 1 aromatic rings. The van der Waals surface area contributed by atoms with E-state index in [-0.39, 0.29) is 30.4 Å². The van der Waals surface area contributed by atoms with Crippen molar-refractivity contribution >= 4 is 30.2 Å². The summed E-state index contributed by atoms with van der Waals surface area (Å²) >= 11 is 5.25. The van der Waals surface area contributed by atoms with Gasteiger partial charge in [-0.3, -0.25) is 4.57 Å². The Kier molecular flexibility index (Phi) is 7.55. The van der Waals surface area contributed by atoms with Gasteiger partial charge in [0.2, 0.25) is 0 Å². The molecule has 0 bridgehead atoms. The third-order valence-corrected chi connectivity index (χ3v) is 5.40. The van der Waals surface area contributed by atoms with Crippen LogP contribution in [0.4, 0.5) is 5.82 Å². The Morgan fingerprint density at radius 3 is 2.80 bits per heavy atom. The Labute approximate surface area is 154 Å². The van der Waals surface area contributed by atoms with E-state index in [4.69, 9.17) is 15.6 Å². The van der Waals surface area contributed by atoms with Gasteiger partial charge in [0.1, 0.15) is 18.1 Å². The molecule has 142 valence electrons. The Hall–Kier alpha value is -0.820. The first-order valence-corrected chi connectivity index (χ1v) is 9.52. The van der Waals surface area contributed by atoms with Crippen LogP contribution >= 0.6 is 24.4 Å². The molecule has 11 heteroatoms. The molecule has 0 amide bonds. The second-order valence-electron chi connectivity index (χ2n) is 5.79. The minimum atomic E-state index is -0.916. The van der Waals surface area contributed by atoms with Crippen molar-refractivity contribution in [3.8, 4) is 0 Å². The number of aromatic nitrogens is 2. The highest BCUT2D eigenvalue weighted by Crippen LogP contribution is 2.28. The van der Waals surface area contributed by atoms with Crippen molar-refractivity contribution in [1.82, 2.24) is 9.55 Å². The van der Waals surface area contributed by atoms with Crippen molar-refractivity contribution in [2.75, 3.05) is 23.8 Å². The van der Waals surface area contributed by atoms with Crippen LogP contribution in [0.1, 0.15) is 18.2 Å². The quantitative estimate of drug-likeness (QED) is 0.285. The number of hydrogen-bond acceptors (Lipinski definition) is 10. The lowest BCUT2D eigenvalue weighted by atomic mass is 10.2. The zero-order valence-corrected chi connectivity index (χ0v) is 15.1. The van der Waals surface area contributed by atoms with E-state index in [1.807, 2.05) is 0 Å². The van der Waals surface area contributed by atoms with Crippen LogP contribution in [-0.2, 0) is 10.5 Å². The van der Waals surface area contributed by atoms with Crippen LogP contribution in [0.25, 0.3) is 0 Å². The first kappa shape index (κ1) is 20.5. The lowest BCUT2D eigenvalue weighted by molar-refractivity contribution is -0.0459. The van der Waals surface area contributed by atoms with Crippen molar-refractivity contribution in [2.24, 2.45) is 0 Å². The van der Waals surface area contributed by atoms with Gasteiger partial charge in [-0.1, -0.05) is 0 Å². The van der Waals surface area contributed by atoms with Crippen LogP contribution in [0.2, 0.25) is 0 Å². The van der Waals surface area contributed by atoms with Crippen LogP contribution in [0, 0.1) is 0 Å². The number of nitrogen functional groups attached to an aromatic ring is 1. The number of ether oxygens (including phenoxy) is 1. The van der Waals surface area contributed by atoms with Gasteiger partial charge in [0, 0.05) is 35.4 Å². The normalized spacial score (nSPS) is 25.9. The van der Waals surface area contributed by atoms with E-state index < -0.39 is 36.3 Å². The molecular weight excluding hydrogens is 370 g/mol. The zero-order chi connectivity index (χ0) is 18.6. The van der Waals surface area contributed by atoms with Gasteiger partial charge in [-0.25, -0.2) is 4.79 Å². The highest BCUT2D eigenvalue weighted by Gasteiger charge is 2.35. The summed E-state index contributed by atoms with van der Waals surface area (Å²) in [6.07, 6.45) is -2.49. The van der Waals surface area contributed by atoms with Crippen molar-refractivity contribution in [3.05, 3.63) is 22.2 Å². The summed E-state index contributed by atoms with van der Waals surface area (Å²) in [5, 5.41) is 38.2. The monoisotopic (exact) mass is 393 g/mol. The maximum atomic E-state index is 12.1. The lowest BCUT2D eigenvalue weighted by Gasteiger charge is -2.17. The van der Waals surface area contributed by atoms with Crippen LogP contribution < -0.4 is 11.4 Å². The fourth-order valence-electron chi connectivity index (χ4n) is 2.41. The molecule has 1 fully saturated rings.